The highest BCUT2D eigenvalue weighted by Crippen LogP contribution is 2.44. The Kier molecular flexibility index (Phi) is 9.16. The number of alkyl halides is 2. The van der Waals surface area contributed by atoms with Crippen LogP contribution in [0.5, 0.6) is 0 Å². The van der Waals surface area contributed by atoms with Gasteiger partial charge in [0.1, 0.15) is 24.6 Å². The number of hydrogen-bond acceptors (Lipinski definition) is 9. The molecule has 0 saturated carbocycles. The van der Waals surface area contributed by atoms with Gasteiger partial charge in [-0.05, 0) is 32.4 Å². The maximum absolute atomic E-state index is 14.7. The molecule has 0 radical (unpaired) electrons. The number of ether oxygens (including phenoxy) is 2. The second-order valence-electron chi connectivity index (χ2n) is 8.71. The lowest BCUT2D eigenvalue weighted by Gasteiger charge is -2.21. The van der Waals surface area contributed by atoms with Crippen molar-refractivity contribution < 1.29 is 42.1 Å². The third-order valence-electron chi connectivity index (χ3n) is 5.25. The number of halogens is 2. The summed E-state index contributed by atoms with van der Waals surface area (Å²) in [5.74, 6) is -4.64. The van der Waals surface area contributed by atoms with Crippen LogP contribution >= 0.6 is 7.75 Å². The lowest BCUT2D eigenvalue weighted by atomic mass is 10.1. The number of rotatable bonds is 11. The number of aliphatic hydroxyl groups is 1. The fourth-order valence-corrected chi connectivity index (χ4v) is 4.45. The monoisotopic (exact) mass is 546 g/mol. The van der Waals surface area contributed by atoms with Crippen molar-refractivity contribution in [2.75, 3.05) is 11.9 Å². The normalized spacial score (nSPS) is 23.4. The molecule has 4 N–H and O–H groups in total. The molecule has 15 heteroatoms. The topological polar surface area (TPSA) is 161 Å². The number of aliphatic hydroxyl groups excluding tert-OH is 1. The summed E-state index contributed by atoms with van der Waals surface area (Å²) in [6.45, 7) is 3.83. The smallest absolute Gasteiger partial charge is 0.403 e. The van der Waals surface area contributed by atoms with Crippen molar-refractivity contribution >= 4 is 19.5 Å². The lowest BCUT2D eigenvalue weighted by molar-refractivity contribution is -0.146. The molecule has 1 aliphatic heterocycles. The largest absolute Gasteiger partial charge is 0.460 e. The zero-order valence-corrected chi connectivity index (χ0v) is 21.2. The fourth-order valence-electron chi connectivity index (χ4n) is 3.44. The SMILES string of the molecule is CC(C)Nc1ccn([C@@H]2O[C@H](COP(=O)(O)NC(C)C(=O)OCc3ccccc3)[C@@H](O)C2(F)F)c(=O)n1. The highest BCUT2D eigenvalue weighted by Gasteiger charge is 2.60. The third kappa shape index (κ3) is 7.40. The number of carbonyl (C=O) groups is 1. The number of nitrogens with one attached hydrogen (secondary N) is 2. The van der Waals surface area contributed by atoms with Gasteiger partial charge in [-0.25, -0.2) is 14.4 Å². The predicted molar refractivity (Wildman–Crippen MR) is 127 cm³/mol. The van der Waals surface area contributed by atoms with E-state index in [0.717, 1.165) is 6.20 Å². The Morgan fingerprint density at radius 3 is 2.57 bits per heavy atom. The summed E-state index contributed by atoms with van der Waals surface area (Å²) in [4.78, 5) is 38.1. The second kappa shape index (κ2) is 11.8. The number of nitrogens with zero attached hydrogens (tertiary/aromatic N) is 2. The van der Waals surface area contributed by atoms with Crippen molar-refractivity contribution in [3.8, 4) is 0 Å². The van der Waals surface area contributed by atoms with Crippen molar-refractivity contribution in [1.82, 2.24) is 14.6 Å². The van der Waals surface area contributed by atoms with E-state index < -0.39 is 56.4 Å². The average molecular weight is 546 g/mol. The number of hydrogen-bond donors (Lipinski definition) is 4. The first-order chi connectivity index (χ1) is 17.3. The summed E-state index contributed by atoms with van der Waals surface area (Å²) in [7, 11) is -4.72. The van der Waals surface area contributed by atoms with Gasteiger partial charge in [0.15, 0.2) is 6.10 Å². The Morgan fingerprint density at radius 2 is 1.95 bits per heavy atom. The molecule has 5 atom stereocenters. The summed E-state index contributed by atoms with van der Waals surface area (Å²) >= 11 is 0. The minimum atomic E-state index is -4.72. The van der Waals surface area contributed by atoms with Crippen molar-refractivity contribution in [3.05, 3.63) is 58.6 Å². The van der Waals surface area contributed by atoms with E-state index in [1.807, 2.05) is 5.09 Å². The Hall–Kier alpha value is -2.74. The van der Waals surface area contributed by atoms with Gasteiger partial charge in [-0.15, -0.1) is 0 Å². The molecule has 0 amide bonds. The van der Waals surface area contributed by atoms with Crippen LogP contribution in [-0.4, -0.2) is 62.3 Å². The van der Waals surface area contributed by atoms with Crippen LogP contribution < -0.4 is 16.1 Å². The number of esters is 1. The number of aromatic nitrogens is 2. The molecular weight excluding hydrogens is 517 g/mol. The fraction of sp³-hybridized carbons (Fsp3) is 0.500. The molecule has 37 heavy (non-hydrogen) atoms. The molecule has 0 aliphatic carbocycles. The van der Waals surface area contributed by atoms with E-state index >= 15 is 0 Å². The van der Waals surface area contributed by atoms with Gasteiger partial charge >= 0.3 is 25.3 Å². The van der Waals surface area contributed by atoms with Crippen LogP contribution in [0.2, 0.25) is 0 Å². The summed E-state index contributed by atoms with van der Waals surface area (Å²) in [6.07, 6.45) is -5.44. The first-order valence-electron chi connectivity index (χ1n) is 11.3. The van der Waals surface area contributed by atoms with Crippen LogP contribution in [0.3, 0.4) is 0 Å². The molecule has 1 fully saturated rings. The standard InChI is InChI=1S/C22H29F2N4O8P/c1-13(2)25-17-9-10-28(21(31)26-17)20-22(23,24)18(29)16(36-20)12-35-37(32,33)27-14(3)19(30)34-11-15-7-5-4-6-8-15/h4-10,13-14,16,18,20,29H,11-12H2,1-3H3,(H,25,26,31)(H2,27,32,33)/t14?,16-,18-,20-/m1/s1. The zero-order chi connectivity index (χ0) is 27.4. The highest BCUT2D eigenvalue weighted by atomic mass is 31.2. The van der Waals surface area contributed by atoms with E-state index in [0.29, 0.717) is 10.1 Å². The van der Waals surface area contributed by atoms with Gasteiger partial charge in [0, 0.05) is 12.2 Å². The van der Waals surface area contributed by atoms with Gasteiger partial charge in [-0.2, -0.15) is 13.8 Å². The van der Waals surface area contributed by atoms with Gasteiger partial charge < -0.3 is 24.8 Å². The third-order valence-corrected chi connectivity index (χ3v) is 6.46. The van der Waals surface area contributed by atoms with Crippen molar-refractivity contribution in [1.29, 1.82) is 0 Å². The number of carbonyl (C=O) groups excluding carboxylic acids is 1. The van der Waals surface area contributed by atoms with Gasteiger partial charge in [-0.1, -0.05) is 30.3 Å². The molecule has 1 aromatic heterocycles. The van der Waals surface area contributed by atoms with Gasteiger partial charge in [0.05, 0.1) is 6.61 Å². The van der Waals surface area contributed by atoms with Crippen LogP contribution in [0.1, 0.15) is 32.6 Å². The summed E-state index contributed by atoms with van der Waals surface area (Å²) < 4.78 is 57.4. The van der Waals surface area contributed by atoms with Gasteiger partial charge in [-0.3, -0.25) is 13.9 Å². The van der Waals surface area contributed by atoms with Crippen molar-refractivity contribution in [3.63, 3.8) is 0 Å². The molecule has 2 heterocycles. The summed E-state index contributed by atoms with van der Waals surface area (Å²) in [5, 5.41) is 15.0. The summed E-state index contributed by atoms with van der Waals surface area (Å²) in [6, 6.07) is 8.68. The lowest BCUT2D eigenvalue weighted by Crippen LogP contribution is -2.42. The first-order valence-corrected chi connectivity index (χ1v) is 12.9. The van der Waals surface area contributed by atoms with Crippen LogP contribution in [0.4, 0.5) is 14.6 Å². The minimum Gasteiger partial charge on any atom is -0.460 e. The van der Waals surface area contributed by atoms with E-state index in [1.54, 1.807) is 44.2 Å². The van der Waals surface area contributed by atoms with Crippen LogP contribution in [-0.2, 0) is 30.0 Å². The molecule has 3 rings (SSSR count). The Morgan fingerprint density at radius 1 is 1.27 bits per heavy atom. The van der Waals surface area contributed by atoms with E-state index in [4.69, 9.17) is 14.0 Å². The molecule has 0 spiro atoms. The number of anilines is 1. The van der Waals surface area contributed by atoms with Gasteiger partial charge in [0.25, 0.3) is 0 Å². The maximum Gasteiger partial charge on any atom is 0.403 e. The molecule has 204 valence electrons. The van der Waals surface area contributed by atoms with E-state index in [-0.39, 0.29) is 18.5 Å². The molecule has 1 saturated heterocycles. The van der Waals surface area contributed by atoms with E-state index in [2.05, 4.69) is 10.3 Å². The first kappa shape index (κ1) is 28.8. The molecular formula is C22H29F2N4O8P. The zero-order valence-electron chi connectivity index (χ0n) is 20.3. The summed E-state index contributed by atoms with van der Waals surface area (Å²) in [5.41, 5.74) is -0.351. The molecule has 2 aromatic rings. The molecule has 1 aliphatic rings. The van der Waals surface area contributed by atoms with E-state index in [9.17, 15) is 32.9 Å². The Balaban J connectivity index is 1.59. The second-order valence-corrected chi connectivity index (χ2v) is 10.3. The van der Waals surface area contributed by atoms with Crippen molar-refractivity contribution in [2.45, 2.75) is 63.8 Å². The quantitative estimate of drug-likeness (QED) is 0.240. The number of benzene rings is 1. The predicted octanol–water partition coefficient (Wildman–Crippen LogP) is 1.80. The molecule has 0 bridgehead atoms. The molecule has 1 aromatic carbocycles. The van der Waals surface area contributed by atoms with Crippen LogP contribution in [0.15, 0.2) is 47.4 Å². The Bertz CT molecular complexity index is 1180. The van der Waals surface area contributed by atoms with Gasteiger partial charge in [0.2, 0.25) is 6.23 Å². The molecule has 2 unspecified atom stereocenters. The minimum absolute atomic E-state index is 0.0634. The molecule has 12 nitrogen and oxygen atoms in total. The highest BCUT2D eigenvalue weighted by molar-refractivity contribution is 7.50. The average Bonchev–Trinajstić information content (AvgIpc) is 3.04. The maximum atomic E-state index is 14.7. The van der Waals surface area contributed by atoms with Crippen molar-refractivity contribution in [2.24, 2.45) is 0 Å². The van der Waals surface area contributed by atoms with Crippen LogP contribution in [0, 0.1) is 0 Å². The Labute approximate surface area is 211 Å². The van der Waals surface area contributed by atoms with E-state index in [1.165, 1.54) is 13.0 Å². The van der Waals surface area contributed by atoms with Crippen LogP contribution in [0.25, 0.3) is 0 Å².